The van der Waals surface area contributed by atoms with E-state index in [0.29, 0.717) is 6.54 Å². The monoisotopic (exact) mass is 201 g/mol. The van der Waals surface area contributed by atoms with Crippen LogP contribution < -0.4 is 5.32 Å². The number of benzene rings is 1. The molecule has 0 spiro atoms. The summed E-state index contributed by atoms with van der Waals surface area (Å²) in [4.78, 5) is 0. The Morgan fingerprint density at radius 1 is 1.14 bits per heavy atom. The molecule has 1 aromatic carbocycles. The smallest absolute Gasteiger partial charge is 0.149 e. The zero-order chi connectivity index (χ0) is 10.2. The summed E-state index contributed by atoms with van der Waals surface area (Å²) in [5.74, 6) is -1.46. The third-order valence-corrected chi connectivity index (χ3v) is 2.48. The second-order valence-electron chi connectivity index (χ2n) is 3.55. The first-order valence-electron chi connectivity index (χ1n) is 4.46. The molecule has 1 aromatic rings. The zero-order valence-corrected chi connectivity index (χ0v) is 7.49. The second kappa shape index (κ2) is 3.28. The van der Waals surface area contributed by atoms with Crippen LogP contribution in [0.1, 0.15) is 12.0 Å². The summed E-state index contributed by atoms with van der Waals surface area (Å²) in [6.07, 6.45) is 0.260. The van der Waals surface area contributed by atoms with Gasteiger partial charge in [0.25, 0.3) is 0 Å². The van der Waals surface area contributed by atoms with Gasteiger partial charge in [-0.25, -0.2) is 13.2 Å². The van der Waals surface area contributed by atoms with Crippen LogP contribution in [0.3, 0.4) is 0 Å². The standard InChI is InChI=1S/C10H10F3N/c11-8-3-7(4-9(12)5-8)10(13)1-2-14-6-10/h3-5,14H,1-2,6H2. The summed E-state index contributed by atoms with van der Waals surface area (Å²) < 4.78 is 39.7. The maximum atomic E-state index is 14.0. The summed E-state index contributed by atoms with van der Waals surface area (Å²) >= 11 is 0. The van der Waals surface area contributed by atoms with Gasteiger partial charge in [-0.2, -0.15) is 0 Å². The Morgan fingerprint density at radius 2 is 1.79 bits per heavy atom. The van der Waals surface area contributed by atoms with Crippen molar-refractivity contribution in [2.45, 2.75) is 12.1 Å². The minimum Gasteiger partial charge on any atom is -0.313 e. The summed E-state index contributed by atoms with van der Waals surface area (Å²) in [7, 11) is 0. The van der Waals surface area contributed by atoms with Gasteiger partial charge >= 0.3 is 0 Å². The van der Waals surface area contributed by atoms with Crippen molar-refractivity contribution in [1.29, 1.82) is 0 Å². The van der Waals surface area contributed by atoms with Gasteiger partial charge in [0, 0.05) is 12.6 Å². The summed E-state index contributed by atoms with van der Waals surface area (Å²) in [6.45, 7) is 0.657. The molecule has 0 amide bonds. The summed E-state index contributed by atoms with van der Waals surface area (Å²) in [5.41, 5.74) is -1.54. The van der Waals surface area contributed by atoms with E-state index in [1.807, 2.05) is 0 Å². The van der Waals surface area contributed by atoms with Crippen molar-refractivity contribution in [2.75, 3.05) is 13.1 Å². The molecule has 1 atom stereocenters. The first-order valence-corrected chi connectivity index (χ1v) is 4.46. The quantitative estimate of drug-likeness (QED) is 0.733. The molecule has 1 saturated heterocycles. The fourth-order valence-corrected chi connectivity index (χ4v) is 1.72. The topological polar surface area (TPSA) is 12.0 Å². The number of alkyl halides is 1. The third-order valence-electron chi connectivity index (χ3n) is 2.48. The van der Waals surface area contributed by atoms with Crippen LogP contribution in [0.5, 0.6) is 0 Å². The minimum absolute atomic E-state index is 0.0833. The predicted octanol–water partition coefficient (Wildman–Crippen LogP) is 2.12. The lowest BCUT2D eigenvalue weighted by Gasteiger charge is -2.18. The van der Waals surface area contributed by atoms with Crippen molar-refractivity contribution in [2.24, 2.45) is 0 Å². The highest BCUT2D eigenvalue weighted by atomic mass is 19.1. The maximum Gasteiger partial charge on any atom is 0.149 e. The van der Waals surface area contributed by atoms with E-state index in [-0.39, 0.29) is 18.5 Å². The number of halogens is 3. The minimum atomic E-state index is -1.62. The van der Waals surface area contributed by atoms with Gasteiger partial charge in [-0.05, 0) is 30.7 Å². The third kappa shape index (κ3) is 1.62. The number of nitrogens with one attached hydrogen (secondary N) is 1. The highest BCUT2D eigenvalue weighted by molar-refractivity contribution is 5.26. The molecule has 0 aliphatic carbocycles. The van der Waals surface area contributed by atoms with Crippen LogP contribution >= 0.6 is 0 Å². The first-order chi connectivity index (χ1) is 6.60. The van der Waals surface area contributed by atoms with Crippen molar-refractivity contribution in [3.8, 4) is 0 Å². The van der Waals surface area contributed by atoms with E-state index in [1.54, 1.807) is 0 Å². The Morgan fingerprint density at radius 3 is 2.29 bits per heavy atom. The van der Waals surface area contributed by atoms with Crippen LogP contribution in [-0.4, -0.2) is 13.1 Å². The van der Waals surface area contributed by atoms with E-state index in [1.165, 1.54) is 0 Å². The number of hydrogen-bond acceptors (Lipinski definition) is 1. The molecule has 76 valence electrons. The van der Waals surface area contributed by atoms with Gasteiger partial charge in [0.05, 0.1) is 0 Å². The molecule has 1 aliphatic heterocycles. The van der Waals surface area contributed by atoms with Crippen LogP contribution in [-0.2, 0) is 5.67 Å². The molecule has 1 fully saturated rings. The number of rotatable bonds is 1. The predicted molar refractivity (Wildman–Crippen MR) is 46.6 cm³/mol. The largest absolute Gasteiger partial charge is 0.313 e. The second-order valence-corrected chi connectivity index (χ2v) is 3.55. The SMILES string of the molecule is Fc1cc(F)cc(C2(F)CCNC2)c1. The van der Waals surface area contributed by atoms with Gasteiger partial charge in [-0.1, -0.05) is 0 Å². The molecule has 14 heavy (non-hydrogen) atoms. The molecule has 0 aromatic heterocycles. The van der Waals surface area contributed by atoms with Gasteiger partial charge in [0.15, 0.2) is 0 Å². The molecule has 0 saturated carbocycles. The van der Waals surface area contributed by atoms with Gasteiger partial charge < -0.3 is 5.32 Å². The Bertz CT molecular complexity index is 325. The van der Waals surface area contributed by atoms with Crippen molar-refractivity contribution in [3.63, 3.8) is 0 Å². The highest BCUT2D eigenvalue weighted by Gasteiger charge is 2.36. The Labute approximate surface area is 79.9 Å². The Kier molecular flexibility index (Phi) is 2.23. The average molecular weight is 201 g/mol. The van der Waals surface area contributed by atoms with E-state index >= 15 is 0 Å². The Balaban J connectivity index is 2.40. The molecule has 1 aliphatic rings. The van der Waals surface area contributed by atoms with Gasteiger partial charge in [0.2, 0.25) is 0 Å². The van der Waals surface area contributed by atoms with Crippen molar-refractivity contribution < 1.29 is 13.2 Å². The molecular weight excluding hydrogens is 191 g/mol. The van der Waals surface area contributed by atoms with Crippen LogP contribution in [0.4, 0.5) is 13.2 Å². The van der Waals surface area contributed by atoms with Crippen LogP contribution in [0.25, 0.3) is 0 Å². The number of hydrogen-bond donors (Lipinski definition) is 1. The van der Waals surface area contributed by atoms with Crippen LogP contribution in [0.15, 0.2) is 18.2 Å². The van der Waals surface area contributed by atoms with Gasteiger partial charge in [-0.15, -0.1) is 0 Å². The van der Waals surface area contributed by atoms with Crippen molar-refractivity contribution >= 4 is 0 Å². The molecule has 0 bridgehead atoms. The van der Waals surface area contributed by atoms with Crippen molar-refractivity contribution in [1.82, 2.24) is 5.32 Å². The normalized spacial score (nSPS) is 26.8. The van der Waals surface area contributed by atoms with E-state index in [2.05, 4.69) is 5.32 Å². The van der Waals surface area contributed by atoms with E-state index in [0.717, 1.165) is 18.2 Å². The lowest BCUT2D eigenvalue weighted by atomic mass is 9.95. The molecule has 0 radical (unpaired) electrons. The summed E-state index contributed by atoms with van der Waals surface area (Å²) in [5, 5.41) is 2.83. The molecule has 1 N–H and O–H groups in total. The van der Waals surface area contributed by atoms with E-state index in [4.69, 9.17) is 0 Å². The molecule has 4 heteroatoms. The average Bonchev–Trinajstić information content (AvgIpc) is 2.52. The van der Waals surface area contributed by atoms with Gasteiger partial charge in [-0.3, -0.25) is 0 Å². The molecular formula is C10H10F3N. The lowest BCUT2D eigenvalue weighted by molar-refractivity contribution is 0.192. The maximum absolute atomic E-state index is 14.0. The highest BCUT2D eigenvalue weighted by Crippen LogP contribution is 2.32. The molecule has 1 nitrogen and oxygen atoms in total. The first kappa shape index (κ1) is 9.52. The molecule has 1 unspecified atom stereocenters. The fourth-order valence-electron chi connectivity index (χ4n) is 1.72. The Hall–Kier alpha value is -1.03. The fraction of sp³-hybridized carbons (Fsp3) is 0.400. The van der Waals surface area contributed by atoms with Crippen LogP contribution in [0, 0.1) is 11.6 Å². The molecule has 2 rings (SSSR count). The zero-order valence-electron chi connectivity index (χ0n) is 7.49. The van der Waals surface area contributed by atoms with Gasteiger partial charge in [0.1, 0.15) is 17.3 Å². The van der Waals surface area contributed by atoms with Crippen LogP contribution in [0.2, 0.25) is 0 Å². The van der Waals surface area contributed by atoms with E-state index < -0.39 is 17.3 Å². The van der Waals surface area contributed by atoms with E-state index in [9.17, 15) is 13.2 Å². The lowest BCUT2D eigenvalue weighted by Crippen LogP contribution is -2.23. The summed E-state index contributed by atoms with van der Waals surface area (Å²) in [6, 6.07) is 2.85. The van der Waals surface area contributed by atoms with Crippen molar-refractivity contribution in [3.05, 3.63) is 35.4 Å². The molecule has 1 heterocycles.